The Balaban J connectivity index is 1.78. The largest absolute Gasteiger partial charge is 0.493 e. The summed E-state index contributed by atoms with van der Waals surface area (Å²) < 4.78 is 43.8. The third-order valence-electron chi connectivity index (χ3n) is 5.25. The van der Waals surface area contributed by atoms with Crippen molar-refractivity contribution in [2.75, 3.05) is 34.4 Å². The molecule has 29 heavy (non-hydrogen) atoms. The number of ether oxygens (including phenoxy) is 3. The van der Waals surface area contributed by atoms with Crippen LogP contribution in [-0.2, 0) is 6.54 Å². The van der Waals surface area contributed by atoms with Gasteiger partial charge in [0.25, 0.3) is 0 Å². The number of ketones is 1. The van der Waals surface area contributed by atoms with Crippen LogP contribution in [-0.4, -0.2) is 45.1 Å². The molecule has 1 atom stereocenters. The number of methoxy groups -OCH3 is 3. The third kappa shape index (κ3) is 4.50. The summed E-state index contributed by atoms with van der Waals surface area (Å²) in [4.78, 5) is 14.9. The maximum atomic E-state index is 14.0. The zero-order valence-electron chi connectivity index (χ0n) is 16.8. The van der Waals surface area contributed by atoms with Gasteiger partial charge in [0.15, 0.2) is 17.3 Å². The summed E-state index contributed by atoms with van der Waals surface area (Å²) in [5, 5.41) is 0. The zero-order valence-corrected chi connectivity index (χ0v) is 16.8. The second kappa shape index (κ2) is 9.22. The molecule has 5 nitrogen and oxygen atoms in total. The van der Waals surface area contributed by atoms with Crippen LogP contribution in [0.15, 0.2) is 30.3 Å². The van der Waals surface area contributed by atoms with E-state index < -0.39 is 11.6 Å². The van der Waals surface area contributed by atoms with E-state index >= 15 is 0 Å². The van der Waals surface area contributed by atoms with Gasteiger partial charge in [0.2, 0.25) is 5.75 Å². The molecule has 0 N–H and O–H groups in total. The molecule has 0 radical (unpaired) electrons. The van der Waals surface area contributed by atoms with Crippen molar-refractivity contribution in [2.24, 2.45) is 5.92 Å². The van der Waals surface area contributed by atoms with Gasteiger partial charge in [-0.1, -0.05) is 6.07 Å². The van der Waals surface area contributed by atoms with Crippen LogP contribution in [0.1, 0.15) is 28.8 Å². The lowest BCUT2D eigenvalue weighted by molar-refractivity contribution is 0.0806. The number of nitrogens with zero attached hydrogens (tertiary/aromatic N) is 1. The van der Waals surface area contributed by atoms with Crippen molar-refractivity contribution in [3.8, 4) is 17.2 Å². The molecule has 1 saturated heterocycles. The highest BCUT2D eigenvalue weighted by Gasteiger charge is 2.29. The summed E-state index contributed by atoms with van der Waals surface area (Å²) >= 11 is 0. The Morgan fingerprint density at radius 3 is 2.52 bits per heavy atom. The van der Waals surface area contributed by atoms with Crippen molar-refractivity contribution in [3.05, 3.63) is 53.1 Å². The van der Waals surface area contributed by atoms with Crippen molar-refractivity contribution in [1.82, 2.24) is 4.90 Å². The Hall–Kier alpha value is -2.67. The quantitative estimate of drug-likeness (QED) is 0.650. The molecule has 1 fully saturated rings. The van der Waals surface area contributed by atoms with Gasteiger partial charge >= 0.3 is 0 Å². The molecule has 156 valence electrons. The highest BCUT2D eigenvalue weighted by Crippen LogP contribution is 2.40. The molecule has 2 aromatic rings. The topological polar surface area (TPSA) is 48.0 Å². The first-order valence-electron chi connectivity index (χ1n) is 9.48. The van der Waals surface area contributed by atoms with Crippen molar-refractivity contribution in [3.63, 3.8) is 0 Å². The van der Waals surface area contributed by atoms with Gasteiger partial charge in [-0.25, -0.2) is 8.78 Å². The number of hydrogen-bond acceptors (Lipinski definition) is 5. The first-order chi connectivity index (χ1) is 14.0. The summed E-state index contributed by atoms with van der Waals surface area (Å²) in [5.41, 5.74) is 0.718. The number of Topliss-reactive ketones (excluding diaryl/α,β-unsaturated/α-hetero) is 1. The molecular formula is C22H25F2NO4. The standard InChI is InChI=1S/C22H25F2NO4/c1-27-19-9-6-15(21(28-2)22(19)29-3)13-25-10-4-5-14(12-25)20(26)17-11-16(23)7-8-18(17)24/h6-9,11,14H,4-5,10,12-13H2,1-3H3/t14-/m0/s1. The maximum absolute atomic E-state index is 14.0. The van der Waals surface area contributed by atoms with Crippen LogP contribution in [0, 0.1) is 17.6 Å². The van der Waals surface area contributed by atoms with Gasteiger partial charge < -0.3 is 14.2 Å². The molecule has 2 aromatic carbocycles. The van der Waals surface area contributed by atoms with Crippen LogP contribution >= 0.6 is 0 Å². The van der Waals surface area contributed by atoms with E-state index in [0.717, 1.165) is 36.7 Å². The molecular weight excluding hydrogens is 380 g/mol. The Morgan fingerprint density at radius 1 is 1.07 bits per heavy atom. The molecule has 3 rings (SSSR count). The number of rotatable bonds is 7. The highest BCUT2D eigenvalue weighted by atomic mass is 19.1. The van der Waals surface area contributed by atoms with Crippen LogP contribution in [0.4, 0.5) is 8.78 Å². The highest BCUT2D eigenvalue weighted by molar-refractivity contribution is 5.98. The number of carbonyl (C=O) groups excluding carboxylic acids is 1. The first kappa shape index (κ1) is 21.0. The van der Waals surface area contributed by atoms with Crippen LogP contribution in [0.2, 0.25) is 0 Å². The molecule has 0 aromatic heterocycles. The molecule has 0 bridgehead atoms. The number of benzene rings is 2. The normalized spacial score (nSPS) is 17.1. The van der Waals surface area contributed by atoms with Gasteiger partial charge in [0.05, 0.1) is 26.9 Å². The fraction of sp³-hybridized carbons (Fsp3) is 0.409. The minimum Gasteiger partial charge on any atom is -0.493 e. The van der Waals surface area contributed by atoms with Crippen LogP contribution in [0.5, 0.6) is 17.2 Å². The van der Waals surface area contributed by atoms with Gasteiger partial charge in [-0.2, -0.15) is 0 Å². The summed E-state index contributed by atoms with van der Waals surface area (Å²) in [6.07, 6.45) is 1.44. The number of piperidine rings is 1. The Labute approximate surface area is 169 Å². The van der Waals surface area contributed by atoms with Gasteiger partial charge in [-0.15, -0.1) is 0 Å². The fourth-order valence-electron chi connectivity index (χ4n) is 3.85. The SMILES string of the molecule is COc1ccc(CN2CCC[C@H](C(=O)c3cc(F)ccc3F)C2)c(OC)c1OC. The molecule has 1 heterocycles. The second-order valence-corrected chi connectivity index (χ2v) is 7.06. The van der Waals surface area contributed by atoms with E-state index in [1.165, 1.54) is 0 Å². The molecule has 1 aliphatic heterocycles. The molecule has 0 spiro atoms. The fourth-order valence-corrected chi connectivity index (χ4v) is 3.85. The summed E-state index contributed by atoms with van der Waals surface area (Å²) in [7, 11) is 4.67. The predicted molar refractivity (Wildman–Crippen MR) is 105 cm³/mol. The average molecular weight is 405 g/mol. The van der Waals surface area contributed by atoms with E-state index in [0.29, 0.717) is 36.8 Å². The van der Waals surface area contributed by atoms with Crippen molar-refractivity contribution in [1.29, 1.82) is 0 Å². The lowest BCUT2D eigenvalue weighted by atomic mass is 9.89. The lowest BCUT2D eigenvalue weighted by Crippen LogP contribution is -2.38. The molecule has 0 amide bonds. The Morgan fingerprint density at radius 2 is 1.83 bits per heavy atom. The summed E-state index contributed by atoms with van der Waals surface area (Å²) in [6.45, 7) is 1.80. The van der Waals surface area contributed by atoms with Gasteiger partial charge in [-0.3, -0.25) is 9.69 Å². The van der Waals surface area contributed by atoms with E-state index in [1.807, 2.05) is 12.1 Å². The van der Waals surface area contributed by atoms with Crippen molar-refractivity contribution < 1.29 is 27.8 Å². The van der Waals surface area contributed by atoms with Gasteiger partial charge in [-0.05, 0) is 43.7 Å². The monoisotopic (exact) mass is 405 g/mol. The summed E-state index contributed by atoms with van der Waals surface area (Å²) in [6, 6.07) is 6.71. The van der Waals surface area contributed by atoms with E-state index in [9.17, 15) is 13.6 Å². The maximum Gasteiger partial charge on any atom is 0.203 e. The van der Waals surface area contributed by atoms with Crippen molar-refractivity contribution in [2.45, 2.75) is 19.4 Å². The van der Waals surface area contributed by atoms with E-state index in [1.54, 1.807) is 21.3 Å². The second-order valence-electron chi connectivity index (χ2n) is 7.06. The minimum atomic E-state index is -0.685. The number of hydrogen-bond donors (Lipinski definition) is 0. The van der Waals surface area contributed by atoms with Crippen LogP contribution in [0.3, 0.4) is 0 Å². The zero-order chi connectivity index (χ0) is 21.0. The molecule has 1 aliphatic rings. The Bertz CT molecular complexity index is 887. The number of carbonyl (C=O) groups is 1. The minimum absolute atomic E-state index is 0.180. The smallest absolute Gasteiger partial charge is 0.203 e. The van der Waals surface area contributed by atoms with E-state index in [-0.39, 0.29) is 17.3 Å². The molecule has 0 saturated carbocycles. The average Bonchev–Trinajstić information content (AvgIpc) is 2.74. The number of likely N-dealkylation sites (tertiary alicyclic amines) is 1. The van der Waals surface area contributed by atoms with Gasteiger partial charge in [0, 0.05) is 24.6 Å². The first-order valence-corrected chi connectivity index (χ1v) is 9.48. The third-order valence-corrected chi connectivity index (χ3v) is 5.25. The van der Waals surface area contributed by atoms with Crippen LogP contribution in [0.25, 0.3) is 0 Å². The summed E-state index contributed by atoms with van der Waals surface area (Å²) in [5.74, 6) is -0.374. The van der Waals surface area contributed by atoms with Crippen molar-refractivity contribution >= 4 is 5.78 Å². The van der Waals surface area contributed by atoms with E-state index in [2.05, 4.69) is 4.90 Å². The Kier molecular flexibility index (Phi) is 6.69. The number of halogens is 2. The lowest BCUT2D eigenvalue weighted by Gasteiger charge is -2.32. The molecule has 0 aliphatic carbocycles. The van der Waals surface area contributed by atoms with Gasteiger partial charge in [0.1, 0.15) is 11.6 Å². The predicted octanol–water partition coefficient (Wildman–Crippen LogP) is 4.09. The van der Waals surface area contributed by atoms with E-state index in [4.69, 9.17) is 14.2 Å². The molecule has 7 heteroatoms. The molecule has 0 unspecified atom stereocenters. The van der Waals surface area contributed by atoms with Crippen LogP contribution < -0.4 is 14.2 Å².